The molecule has 130 valence electrons. The second-order valence-electron chi connectivity index (χ2n) is 5.72. The van der Waals surface area contributed by atoms with E-state index in [2.05, 4.69) is 15.3 Å². The monoisotopic (exact) mass is 361 g/mol. The third-order valence-electron chi connectivity index (χ3n) is 3.89. The topological polar surface area (TPSA) is 101 Å². The van der Waals surface area contributed by atoms with Crippen LogP contribution in [0.15, 0.2) is 30.6 Å². The largest absolute Gasteiger partial charge is 0.489 e. The van der Waals surface area contributed by atoms with Gasteiger partial charge in [0.15, 0.2) is 5.69 Å². The van der Waals surface area contributed by atoms with Crippen LogP contribution in [0.1, 0.15) is 46.7 Å². The number of nitrogens with zero attached hydrogens (tertiary/aromatic N) is 2. The fraction of sp³-hybridized carbons (Fsp3) is 0.294. The Hall–Kier alpha value is -2.67. The van der Waals surface area contributed by atoms with Crippen LogP contribution >= 0.6 is 11.6 Å². The summed E-state index contributed by atoms with van der Waals surface area (Å²) in [5.41, 5.74) is 0.262. The van der Waals surface area contributed by atoms with E-state index < -0.39 is 11.9 Å². The van der Waals surface area contributed by atoms with Gasteiger partial charge in [-0.05, 0) is 43.9 Å². The number of ether oxygens (including phenoxy) is 1. The van der Waals surface area contributed by atoms with Gasteiger partial charge in [0.1, 0.15) is 11.4 Å². The molecular weight excluding hydrogens is 346 g/mol. The van der Waals surface area contributed by atoms with E-state index in [1.54, 1.807) is 18.2 Å². The molecule has 1 amide bonds. The van der Waals surface area contributed by atoms with Crippen LogP contribution in [0.4, 0.5) is 5.69 Å². The Morgan fingerprint density at radius 3 is 2.44 bits per heavy atom. The van der Waals surface area contributed by atoms with Gasteiger partial charge in [-0.2, -0.15) is 0 Å². The molecule has 0 spiro atoms. The zero-order valence-electron chi connectivity index (χ0n) is 13.2. The summed E-state index contributed by atoms with van der Waals surface area (Å²) in [7, 11) is 0. The lowest BCUT2D eigenvalue weighted by atomic mass is 10.2. The van der Waals surface area contributed by atoms with E-state index in [0.29, 0.717) is 16.5 Å². The fourth-order valence-electron chi connectivity index (χ4n) is 2.61. The highest BCUT2D eigenvalue weighted by Gasteiger charge is 2.18. The highest BCUT2D eigenvalue weighted by atomic mass is 35.5. The number of rotatable bonds is 5. The lowest BCUT2D eigenvalue weighted by molar-refractivity contribution is 0.0689. The van der Waals surface area contributed by atoms with Crippen LogP contribution in [0.5, 0.6) is 5.75 Å². The first kappa shape index (κ1) is 17.2. The predicted molar refractivity (Wildman–Crippen MR) is 91.3 cm³/mol. The summed E-state index contributed by atoms with van der Waals surface area (Å²) in [5, 5.41) is 11.8. The van der Waals surface area contributed by atoms with Crippen LogP contribution in [-0.2, 0) is 0 Å². The molecule has 1 aromatic carbocycles. The molecule has 1 aliphatic rings. The Labute approximate surface area is 149 Å². The van der Waals surface area contributed by atoms with Gasteiger partial charge in [-0.1, -0.05) is 11.6 Å². The number of nitrogens with one attached hydrogen (secondary N) is 1. The minimum absolute atomic E-state index is 0.00686. The zero-order chi connectivity index (χ0) is 17.8. The van der Waals surface area contributed by atoms with Gasteiger partial charge < -0.3 is 15.2 Å². The number of hydrogen-bond acceptors (Lipinski definition) is 5. The number of halogens is 1. The number of carboxylic acids is 1. The summed E-state index contributed by atoms with van der Waals surface area (Å²) in [5.74, 6) is -1.12. The van der Waals surface area contributed by atoms with Crippen LogP contribution in [0.3, 0.4) is 0 Å². The number of carbonyl (C=O) groups excluding carboxylic acids is 1. The van der Waals surface area contributed by atoms with Crippen molar-refractivity contribution >= 4 is 29.2 Å². The van der Waals surface area contributed by atoms with Crippen molar-refractivity contribution in [2.24, 2.45) is 0 Å². The molecule has 1 aliphatic carbocycles. The minimum Gasteiger partial charge on any atom is -0.489 e. The zero-order valence-corrected chi connectivity index (χ0v) is 14.0. The highest BCUT2D eigenvalue weighted by molar-refractivity contribution is 6.32. The quantitative estimate of drug-likeness (QED) is 0.846. The molecule has 2 N–H and O–H groups in total. The molecule has 0 radical (unpaired) electrons. The molecule has 8 heteroatoms. The molecule has 2 aromatic rings. The number of aromatic carboxylic acids is 1. The number of hydrogen-bond donors (Lipinski definition) is 2. The van der Waals surface area contributed by atoms with E-state index in [1.165, 1.54) is 0 Å². The number of carboxylic acid groups (broad SMARTS) is 1. The smallest absolute Gasteiger partial charge is 0.356 e. The van der Waals surface area contributed by atoms with Gasteiger partial charge in [0.25, 0.3) is 5.91 Å². The fourth-order valence-corrected chi connectivity index (χ4v) is 2.84. The molecule has 0 saturated heterocycles. The van der Waals surface area contributed by atoms with E-state index in [4.69, 9.17) is 21.4 Å². The van der Waals surface area contributed by atoms with Crippen LogP contribution in [0.2, 0.25) is 5.02 Å². The van der Waals surface area contributed by atoms with Gasteiger partial charge in [0.2, 0.25) is 0 Å². The predicted octanol–water partition coefficient (Wildman–Crippen LogP) is 3.40. The summed E-state index contributed by atoms with van der Waals surface area (Å²) < 4.78 is 5.86. The third-order valence-corrected chi connectivity index (χ3v) is 4.18. The van der Waals surface area contributed by atoms with Crippen molar-refractivity contribution in [1.82, 2.24) is 9.97 Å². The molecule has 0 bridgehead atoms. The van der Waals surface area contributed by atoms with Crippen molar-refractivity contribution in [2.75, 3.05) is 5.32 Å². The first-order valence-electron chi connectivity index (χ1n) is 7.86. The molecule has 1 heterocycles. The van der Waals surface area contributed by atoms with E-state index >= 15 is 0 Å². The molecule has 0 unspecified atom stereocenters. The molecule has 0 aliphatic heterocycles. The number of anilines is 1. The van der Waals surface area contributed by atoms with Crippen molar-refractivity contribution < 1.29 is 19.4 Å². The van der Waals surface area contributed by atoms with Gasteiger partial charge in [-0.25, -0.2) is 14.8 Å². The minimum atomic E-state index is -1.20. The molecule has 0 atom stereocenters. The van der Waals surface area contributed by atoms with Crippen molar-refractivity contribution in [3.8, 4) is 5.75 Å². The van der Waals surface area contributed by atoms with Crippen molar-refractivity contribution in [1.29, 1.82) is 0 Å². The van der Waals surface area contributed by atoms with E-state index in [0.717, 1.165) is 38.1 Å². The summed E-state index contributed by atoms with van der Waals surface area (Å²) in [6.45, 7) is 0. The third kappa shape index (κ3) is 4.24. The van der Waals surface area contributed by atoms with Gasteiger partial charge in [-0.3, -0.25) is 4.79 Å². The van der Waals surface area contributed by atoms with Gasteiger partial charge in [0, 0.05) is 5.69 Å². The van der Waals surface area contributed by atoms with Crippen molar-refractivity contribution in [3.63, 3.8) is 0 Å². The second kappa shape index (κ2) is 7.48. The van der Waals surface area contributed by atoms with Crippen LogP contribution in [-0.4, -0.2) is 33.1 Å². The molecular formula is C17H16ClN3O4. The summed E-state index contributed by atoms with van der Waals surface area (Å²) >= 11 is 6.22. The van der Waals surface area contributed by atoms with Crippen LogP contribution in [0.25, 0.3) is 0 Å². The number of benzene rings is 1. The Bertz CT molecular complexity index is 789. The van der Waals surface area contributed by atoms with Crippen LogP contribution < -0.4 is 10.1 Å². The number of amides is 1. The van der Waals surface area contributed by atoms with Crippen LogP contribution in [0, 0.1) is 0 Å². The van der Waals surface area contributed by atoms with Gasteiger partial charge in [-0.15, -0.1) is 0 Å². The SMILES string of the molecule is O=C(O)c1cnc(C(=O)Nc2ccc(OC3CCCC3)c(Cl)c2)cn1. The molecule has 7 nitrogen and oxygen atoms in total. The second-order valence-corrected chi connectivity index (χ2v) is 6.12. The maximum atomic E-state index is 12.1. The molecule has 1 fully saturated rings. The maximum Gasteiger partial charge on any atom is 0.356 e. The Kier molecular flexibility index (Phi) is 5.14. The van der Waals surface area contributed by atoms with Gasteiger partial charge in [0.05, 0.1) is 23.5 Å². The van der Waals surface area contributed by atoms with Crippen molar-refractivity contribution in [2.45, 2.75) is 31.8 Å². The van der Waals surface area contributed by atoms with E-state index in [1.807, 2.05) is 0 Å². The first-order valence-corrected chi connectivity index (χ1v) is 8.23. The van der Waals surface area contributed by atoms with Gasteiger partial charge >= 0.3 is 5.97 Å². The lowest BCUT2D eigenvalue weighted by Crippen LogP contribution is -2.15. The summed E-state index contributed by atoms with van der Waals surface area (Å²) in [4.78, 5) is 30.3. The maximum absolute atomic E-state index is 12.1. The average molecular weight is 362 g/mol. The molecule has 1 aromatic heterocycles. The summed E-state index contributed by atoms with van der Waals surface area (Å²) in [6, 6.07) is 5.01. The van der Waals surface area contributed by atoms with E-state index in [9.17, 15) is 9.59 Å². The molecule has 3 rings (SSSR count). The van der Waals surface area contributed by atoms with Crippen molar-refractivity contribution in [3.05, 3.63) is 47.0 Å². The normalized spacial score (nSPS) is 14.3. The Morgan fingerprint density at radius 1 is 1.16 bits per heavy atom. The van der Waals surface area contributed by atoms with E-state index in [-0.39, 0.29) is 17.5 Å². The Balaban J connectivity index is 1.66. The molecule has 1 saturated carbocycles. The molecule has 25 heavy (non-hydrogen) atoms. The lowest BCUT2D eigenvalue weighted by Gasteiger charge is -2.15. The Morgan fingerprint density at radius 2 is 1.84 bits per heavy atom. The number of carbonyl (C=O) groups is 2. The summed E-state index contributed by atoms with van der Waals surface area (Å²) in [6.07, 6.45) is 6.72. The number of aromatic nitrogens is 2. The standard InChI is InChI=1S/C17H16ClN3O4/c18-12-7-10(5-6-15(12)25-11-3-1-2-4-11)21-16(22)13-8-20-14(9-19-13)17(23)24/h5-9,11H,1-4H2,(H,21,22)(H,23,24). The average Bonchev–Trinajstić information content (AvgIpc) is 3.10. The first-order chi connectivity index (χ1) is 12.0. The highest BCUT2D eigenvalue weighted by Crippen LogP contribution is 2.31.